The van der Waals surface area contributed by atoms with Crippen LogP contribution in [-0.2, 0) is 11.3 Å². The molecule has 19 heavy (non-hydrogen) atoms. The zero-order chi connectivity index (χ0) is 13.8. The lowest BCUT2D eigenvalue weighted by atomic mass is 10.2. The molecule has 0 radical (unpaired) electrons. The van der Waals surface area contributed by atoms with Crippen LogP contribution in [0.25, 0.3) is 0 Å². The third kappa shape index (κ3) is 3.79. The first kappa shape index (κ1) is 13.5. The van der Waals surface area contributed by atoms with E-state index in [1.54, 1.807) is 11.3 Å². The van der Waals surface area contributed by atoms with E-state index in [0.717, 1.165) is 22.0 Å². The molecule has 0 bridgehead atoms. The van der Waals surface area contributed by atoms with Gasteiger partial charge in [-0.1, -0.05) is 17.7 Å². The van der Waals surface area contributed by atoms with Crippen molar-refractivity contribution in [1.82, 2.24) is 4.98 Å². The lowest BCUT2D eigenvalue weighted by molar-refractivity contribution is -0.135. The van der Waals surface area contributed by atoms with E-state index in [-0.39, 0.29) is 6.54 Å². The average Bonchev–Trinajstić information content (AvgIpc) is 2.74. The molecule has 0 saturated carbocycles. The summed E-state index contributed by atoms with van der Waals surface area (Å²) in [6, 6.07) is 7.85. The summed E-state index contributed by atoms with van der Waals surface area (Å²) in [7, 11) is 0. The summed E-state index contributed by atoms with van der Waals surface area (Å²) in [5, 5.41) is 11.9. The molecule has 1 N–H and O–H groups in total. The van der Waals surface area contributed by atoms with Crippen LogP contribution < -0.4 is 4.90 Å². The second-order valence-corrected chi connectivity index (χ2v) is 5.41. The second kappa shape index (κ2) is 5.84. The van der Waals surface area contributed by atoms with Crippen LogP contribution in [0.5, 0.6) is 0 Å². The van der Waals surface area contributed by atoms with Crippen LogP contribution in [0.3, 0.4) is 0 Å². The number of thiazole rings is 1. The molecule has 0 atom stereocenters. The van der Waals surface area contributed by atoms with Crippen molar-refractivity contribution in [3.8, 4) is 0 Å². The van der Waals surface area contributed by atoms with Crippen molar-refractivity contribution in [2.24, 2.45) is 0 Å². The summed E-state index contributed by atoms with van der Waals surface area (Å²) >= 11 is 1.56. The lowest BCUT2D eigenvalue weighted by Gasteiger charge is -2.21. The lowest BCUT2D eigenvalue weighted by Crippen LogP contribution is -2.29. The largest absolute Gasteiger partial charge is 0.480 e. The number of nitrogens with zero attached hydrogens (tertiary/aromatic N) is 2. The molecule has 100 valence electrons. The Bertz CT molecular complexity index is 563. The third-order valence-electron chi connectivity index (χ3n) is 2.72. The molecule has 5 heteroatoms. The number of carboxylic acids is 1. The molecule has 0 unspecified atom stereocenters. The van der Waals surface area contributed by atoms with Crippen molar-refractivity contribution in [1.29, 1.82) is 0 Å². The Balaban J connectivity index is 2.20. The van der Waals surface area contributed by atoms with Crippen LogP contribution in [0.4, 0.5) is 5.69 Å². The van der Waals surface area contributed by atoms with E-state index in [0.29, 0.717) is 6.54 Å². The molecular weight excluding hydrogens is 260 g/mol. The number of aliphatic carboxylic acids is 1. The third-order valence-corrected chi connectivity index (χ3v) is 3.67. The number of hydrogen-bond donors (Lipinski definition) is 1. The van der Waals surface area contributed by atoms with Gasteiger partial charge >= 0.3 is 5.97 Å². The van der Waals surface area contributed by atoms with Crippen molar-refractivity contribution in [2.75, 3.05) is 11.4 Å². The van der Waals surface area contributed by atoms with E-state index in [9.17, 15) is 4.79 Å². The van der Waals surface area contributed by atoms with Crippen LogP contribution >= 0.6 is 11.3 Å². The van der Waals surface area contributed by atoms with Crippen molar-refractivity contribution in [3.05, 3.63) is 45.9 Å². The van der Waals surface area contributed by atoms with Gasteiger partial charge in [-0.25, -0.2) is 4.98 Å². The van der Waals surface area contributed by atoms with Crippen LogP contribution in [0.1, 0.15) is 16.3 Å². The van der Waals surface area contributed by atoms with Crippen molar-refractivity contribution in [3.63, 3.8) is 0 Å². The highest BCUT2D eigenvalue weighted by molar-refractivity contribution is 7.09. The maximum atomic E-state index is 11.0. The molecular formula is C14H16N2O2S. The molecule has 0 aliphatic rings. The van der Waals surface area contributed by atoms with Crippen molar-refractivity contribution >= 4 is 23.0 Å². The fourth-order valence-electron chi connectivity index (χ4n) is 1.80. The number of benzene rings is 1. The van der Waals surface area contributed by atoms with E-state index >= 15 is 0 Å². The van der Waals surface area contributed by atoms with E-state index in [2.05, 4.69) is 4.98 Å². The van der Waals surface area contributed by atoms with Gasteiger partial charge < -0.3 is 10.0 Å². The predicted octanol–water partition coefficient (Wildman–Crippen LogP) is 2.85. The highest BCUT2D eigenvalue weighted by Crippen LogP contribution is 2.19. The molecule has 0 amide bonds. The number of carboxylic acid groups (broad SMARTS) is 1. The maximum Gasteiger partial charge on any atom is 0.323 e. The Morgan fingerprint density at radius 1 is 1.32 bits per heavy atom. The summed E-state index contributed by atoms with van der Waals surface area (Å²) < 4.78 is 0. The molecule has 0 fully saturated rings. The molecule has 1 heterocycles. The molecule has 0 aliphatic heterocycles. The molecule has 2 aromatic rings. The second-order valence-electron chi connectivity index (χ2n) is 4.47. The van der Waals surface area contributed by atoms with Crippen LogP contribution in [0.2, 0.25) is 0 Å². The summed E-state index contributed by atoms with van der Waals surface area (Å²) in [6.07, 6.45) is 0. The summed E-state index contributed by atoms with van der Waals surface area (Å²) in [5.41, 5.74) is 3.03. The molecule has 1 aromatic heterocycles. The van der Waals surface area contributed by atoms with Gasteiger partial charge in [0.05, 0.1) is 6.54 Å². The van der Waals surface area contributed by atoms with Gasteiger partial charge in [0, 0.05) is 16.8 Å². The average molecular weight is 276 g/mol. The minimum atomic E-state index is -0.839. The maximum absolute atomic E-state index is 11.0. The monoisotopic (exact) mass is 276 g/mol. The predicted molar refractivity (Wildman–Crippen MR) is 76.7 cm³/mol. The van der Waals surface area contributed by atoms with Crippen molar-refractivity contribution < 1.29 is 9.90 Å². The van der Waals surface area contributed by atoms with E-state index in [1.165, 1.54) is 0 Å². The first-order valence-electron chi connectivity index (χ1n) is 5.99. The topological polar surface area (TPSA) is 53.4 Å². The molecule has 0 saturated heterocycles. The molecule has 4 nitrogen and oxygen atoms in total. The highest BCUT2D eigenvalue weighted by Gasteiger charge is 2.13. The minimum Gasteiger partial charge on any atom is -0.480 e. The Labute approximate surface area is 116 Å². The van der Waals surface area contributed by atoms with E-state index in [4.69, 9.17) is 5.11 Å². The molecule has 1 aromatic carbocycles. The first-order chi connectivity index (χ1) is 9.04. The van der Waals surface area contributed by atoms with Gasteiger partial charge in [0.15, 0.2) is 0 Å². The SMILES string of the molecule is Cc1ccc(N(CC(=O)O)Cc2nc(C)cs2)cc1. The Hall–Kier alpha value is -1.88. The van der Waals surface area contributed by atoms with Gasteiger partial charge in [0.1, 0.15) is 11.6 Å². The van der Waals surface area contributed by atoms with Gasteiger partial charge in [0.25, 0.3) is 0 Å². The quantitative estimate of drug-likeness (QED) is 0.912. The van der Waals surface area contributed by atoms with Gasteiger partial charge in [-0.3, -0.25) is 4.79 Å². The van der Waals surface area contributed by atoms with E-state index < -0.39 is 5.97 Å². The summed E-state index contributed by atoms with van der Waals surface area (Å²) in [5.74, 6) is -0.839. The molecule has 0 aliphatic carbocycles. The Kier molecular flexibility index (Phi) is 4.16. The fraction of sp³-hybridized carbons (Fsp3) is 0.286. The van der Waals surface area contributed by atoms with Crippen molar-refractivity contribution in [2.45, 2.75) is 20.4 Å². The van der Waals surface area contributed by atoms with Gasteiger partial charge in [-0.05, 0) is 26.0 Å². The number of rotatable bonds is 5. The number of hydrogen-bond acceptors (Lipinski definition) is 4. The summed E-state index contributed by atoms with van der Waals surface area (Å²) in [4.78, 5) is 17.2. The van der Waals surface area contributed by atoms with Crippen LogP contribution in [0.15, 0.2) is 29.6 Å². The smallest absolute Gasteiger partial charge is 0.323 e. The van der Waals surface area contributed by atoms with Gasteiger partial charge in [-0.2, -0.15) is 0 Å². The Morgan fingerprint density at radius 3 is 2.53 bits per heavy atom. The fourth-order valence-corrected chi connectivity index (χ4v) is 2.58. The minimum absolute atomic E-state index is 0.0261. The number of aryl methyl sites for hydroxylation is 2. The Morgan fingerprint density at radius 2 is 2.00 bits per heavy atom. The number of anilines is 1. The summed E-state index contributed by atoms with van der Waals surface area (Å²) in [6.45, 7) is 4.44. The van der Waals surface area contributed by atoms with Gasteiger partial charge in [0.2, 0.25) is 0 Å². The number of aromatic nitrogens is 1. The van der Waals surface area contributed by atoms with Crippen LogP contribution in [0, 0.1) is 13.8 Å². The zero-order valence-corrected chi connectivity index (χ0v) is 11.8. The van der Waals surface area contributed by atoms with E-state index in [1.807, 2.05) is 48.4 Å². The standard InChI is InChI=1S/C14H16N2O2S/c1-10-3-5-12(6-4-10)16(8-14(17)18)7-13-15-11(2)9-19-13/h3-6,9H,7-8H2,1-2H3,(H,17,18). The highest BCUT2D eigenvalue weighted by atomic mass is 32.1. The normalized spacial score (nSPS) is 10.4. The van der Waals surface area contributed by atoms with Gasteiger partial charge in [-0.15, -0.1) is 11.3 Å². The molecule has 0 spiro atoms. The molecule has 2 rings (SSSR count). The van der Waals surface area contributed by atoms with Crippen LogP contribution in [-0.4, -0.2) is 22.6 Å². The first-order valence-corrected chi connectivity index (χ1v) is 6.87. The zero-order valence-electron chi connectivity index (χ0n) is 11.0. The number of carbonyl (C=O) groups is 1.